The molecule has 1 amide bonds. The lowest BCUT2D eigenvalue weighted by atomic mass is 11.1. The van der Waals surface area contributed by atoms with E-state index in [1.807, 2.05) is 0 Å². The third kappa shape index (κ3) is 2.31. The van der Waals surface area contributed by atoms with E-state index in [2.05, 4.69) is 17.6 Å². The van der Waals surface area contributed by atoms with Gasteiger partial charge in [0.15, 0.2) is 0 Å². The molecular weight excluding hydrogens is 128 g/mol. The minimum Gasteiger partial charge on any atom is -0.333 e. The van der Waals surface area contributed by atoms with Crippen molar-refractivity contribution in [1.29, 1.82) is 5.26 Å². The van der Waals surface area contributed by atoms with Crippen LogP contribution < -0.4 is 0 Å². The fourth-order valence-electron chi connectivity index (χ4n) is 0.105. The number of carbonyl (C=O) groups excluding carboxylic acids is 1. The molecule has 0 aromatic rings. The van der Waals surface area contributed by atoms with E-state index in [1.165, 1.54) is 13.3 Å². The van der Waals surface area contributed by atoms with E-state index in [1.54, 1.807) is 0 Å². The summed E-state index contributed by atoms with van der Waals surface area (Å²) in [7, 11) is 1.36. The fraction of sp³-hybridized carbons (Fsp3) is 0.333. The summed E-state index contributed by atoms with van der Waals surface area (Å²) in [5.74, 6) is 0. The van der Waals surface area contributed by atoms with Crippen LogP contribution in [0.5, 0.6) is 0 Å². The van der Waals surface area contributed by atoms with Gasteiger partial charge in [-0.2, -0.15) is 0 Å². The molecule has 0 radical (unpaired) electrons. The highest BCUT2D eigenvalue weighted by molar-refractivity contribution is 7.78. The quantitative estimate of drug-likeness (QED) is 0.383. The van der Waals surface area contributed by atoms with E-state index < -0.39 is 6.09 Å². The second kappa shape index (κ2) is 3.16. The molecule has 0 saturated carbocycles. The highest BCUT2D eigenvalue weighted by Gasteiger charge is 2.02. The van der Waals surface area contributed by atoms with Crippen molar-refractivity contribution < 1.29 is 9.53 Å². The van der Waals surface area contributed by atoms with Crippen LogP contribution in [0.4, 0.5) is 4.79 Å². The van der Waals surface area contributed by atoms with E-state index in [0.717, 1.165) is 4.31 Å². The molecule has 0 heterocycles. The fourth-order valence-corrected chi connectivity index (χ4v) is 0.146. The van der Waals surface area contributed by atoms with Crippen molar-refractivity contribution in [2.45, 2.75) is 0 Å². The van der Waals surface area contributed by atoms with Crippen LogP contribution in [0.3, 0.4) is 0 Å². The predicted molar refractivity (Wildman–Crippen MR) is 28.8 cm³/mol. The first kappa shape index (κ1) is 7.11. The second-order valence-corrected chi connectivity index (χ2v) is 1.58. The molecule has 0 aromatic carbocycles. The van der Waals surface area contributed by atoms with Gasteiger partial charge in [0.25, 0.3) is 6.26 Å². The monoisotopic (exact) mass is 132 g/mol. The molecule has 0 aliphatic carbocycles. The zero-order valence-corrected chi connectivity index (χ0v) is 5.05. The molecule has 0 aliphatic heterocycles. The third-order valence-corrected chi connectivity index (χ3v) is 0.560. The molecule has 0 bridgehead atoms. The third-order valence-electron chi connectivity index (χ3n) is 0.397. The Morgan fingerprint density at radius 2 is 2.50 bits per heavy atom. The van der Waals surface area contributed by atoms with Crippen LogP contribution in [0, 0.1) is 11.5 Å². The molecule has 0 N–H and O–H groups in total. The van der Waals surface area contributed by atoms with Crippen LogP contribution in [-0.2, 0) is 4.74 Å². The molecule has 4 nitrogen and oxygen atoms in total. The average molecular weight is 132 g/mol. The highest BCUT2D eigenvalue weighted by Crippen LogP contribution is 1.89. The Morgan fingerprint density at radius 1 is 2.00 bits per heavy atom. The molecule has 0 fully saturated rings. The smallest absolute Gasteiger partial charge is 0.333 e. The summed E-state index contributed by atoms with van der Waals surface area (Å²) in [6.45, 7) is 0. The maximum atomic E-state index is 10.1. The first-order chi connectivity index (χ1) is 3.68. The Labute approximate surface area is 52.2 Å². The van der Waals surface area contributed by atoms with Gasteiger partial charge in [0, 0.05) is 7.05 Å². The van der Waals surface area contributed by atoms with Gasteiger partial charge in [-0.15, -0.1) is 5.26 Å². The highest BCUT2D eigenvalue weighted by atomic mass is 32.1. The van der Waals surface area contributed by atoms with Crippen molar-refractivity contribution in [3.63, 3.8) is 0 Å². The van der Waals surface area contributed by atoms with Crippen molar-refractivity contribution in [3.8, 4) is 6.26 Å². The van der Waals surface area contributed by atoms with Gasteiger partial charge in [-0.3, -0.25) is 4.31 Å². The Kier molecular flexibility index (Phi) is 2.80. The molecule has 44 valence electrons. The van der Waals surface area contributed by atoms with Gasteiger partial charge in [0.2, 0.25) is 0 Å². The molecule has 0 aliphatic rings. The topological polar surface area (TPSA) is 53.3 Å². The predicted octanol–water partition coefficient (Wildman–Crippen LogP) is 0.381. The Balaban J connectivity index is 3.53. The summed E-state index contributed by atoms with van der Waals surface area (Å²) in [5, 5.41) is 7.73. The first-order valence-electron chi connectivity index (χ1n) is 1.71. The van der Waals surface area contributed by atoms with Crippen molar-refractivity contribution in [2.75, 3.05) is 7.05 Å². The van der Waals surface area contributed by atoms with Gasteiger partial charge in [0.05, 0.1) is 0 Å². The number of amides is 1. The van der Waals surface area contributed by atoms with Gasteiger partial charge in [-0.1, -0.05) is 12.8 Å². The van der Waals surface area contributed by atoms with Crippen LogP contribution in [0.25, 0.3) is 0 Å². The lowest BCUT2D eigenvalue weighted by Crippen LogP contribution is -2.15. The summed E-state index contributed by atoms with van der Waals surface area (Å²) in [5.41, 5.74) is 0. The van der Waals surface area contributed by atoms with Gasteiger partial charge in [0.1, 0.15) is 0 Å². The number of ether oxygens (including phenoxy) is 1. The largest absolute Gasteiger partial charge is 0.434 e. The van der Waals surface area contributed by atoms with E-state index in [9.17, 15) is 4.79 Å². The molecule has 0 saturated heterocycles. The lowest BCUT2D eigenvalue weighted by molar-refractivity contribution is 0.177. The van der Waals surface area contributed by atoms with E-state index >= 15 is 0 Å². The number of nitriles is 1. The molecule has 0 aromatic heterocycles. The molecule has 0 rings (SSSR count). The van der Waals surface area contributed by atoms with Gasteiger partial charge >= 0.3 is 6.09 Å². The maximum absolute atomic E-state index is 10.1. The SMILES string of the molecule is CN(S)C(=O)OC#N. The summed E-state index contributed by atoms with van der Waals surface area (Å²) in [4.78, 5) is 10.1. The minimum atomic E-state index is -0.782. The number of hydrogen-bond donors (Lipinski definition) is 1. The van der Waals surface area contributed by atoms with Gasteiger partial charge in [-0.05, 0) is 0 Å². The molecule has 0 atom stereocenters. The number of rotatable bonds is 0. The number of thiol groups is 1. The molecular formula is C3H4N2O2S. The Morgan fingerprint density at radius 3 is 2.62 bits per heavy atom. The second-order valence-electron chi connectivity index (χ2n) is 0.983. The van der Waals surface area contributed by atoms with Crippen LogP contribution in [0.1, 0.15) is 0 Å². The molecule has 8 heavy (non-hydrogen) atoms. The van der Waals surface area contributed by atoms with Crippen molar-refractivity contribution >= 4 is 18.9 Å². The summed E-state index contributed by atoms with van der Waals surface area (Å²) >= 11 is 3.53. The molecule has 0 unspecified atom stereocenters. The lowest BCUT2D eigenvalue weighted by Gasteiger charge is -2.01. The standard InChI is InChI=1S/C3H4N2O2S/c1-5(8)3(6)7-2-4/h8H,1H3. The normalized spacial score (nSPS) is 7.12. The van der Waals surface area contributed by atoms with Gasteiger partial charge < -0.3 is 4.74 Å². The van der Waals surface area contributed by atoms with Crippen molar-refractivity contribution in [3.05, 3.63) is 0 Å². The van der Waals surface area contributed by atoms with Crippen molar-refractivity contribution in [2.24, 2.45) is 0 Å². The van der Waals surface area contributed by atoms with Gasteiger partial charge in [-0.25, -0.2) is 4.79 Å². The van der Waals surface area contributed by atoms with E-state index in [0.29, 0.717) is 0 Å². The zero-order valence-electron chi connectivity index (χ0n) is 4.16. The zero-order chi connectivity index (χ0) is 6.57. The summed E-state index contributed by atoms with van der Waals surface area (Å²) in [6, 6.07) is 0. The number of carbonyl (C=O) groups is 1. The minimum absolute atomic E-state index is 0.782. The van der Waals surface area contributed by atoms with E-state index in [4.69, 9.17) is 5.26 Å². The number of nitrogens with zero attached hydrogens (tertiary/aromatic N) is 2. The van der Waals surface area contributed by atoms with Crippen LogP contribution in [-0.4, -0.2) is 17.4 Å². The number of hydrogen-bond acceptors (Lipinski definition) is 4. The maximum Gasteiger partial charge on any atom is 0.434 e. The first-order valence-corrected chi connectivity index (χ1v) is 2.11. The van der Waals surface area contributed by atoms with Crippen LogP contribution in [0.15, 0.2) is 0 Å². The Bertz CT molecular complexity index is 128. The average Bonchev–Trinajstić information content (AvgIpc) is 1.67. The van der Waals surface area contributed by atoms with Crippen LogP contribution in [0.2, 0.25) is 0 Å². The summed E-state index contributed by atoms with van der Waals surface area (Å²) < 4.78 is 4.68. The Hall–Kier alpha value is -0.890. The molecule has 0 spiro atoms. The van der Waals surface area contributed by atoms with Crippen molar-refractivity contribution in [1.82, 2.24) is 4.31 Å². The summed E-state index contributed by atoms with van der Waals surface area (Å²) in [6.07, 6.45) is 0.427. The van der Waals surface area contributed by atoms with E-state index in [-0.39, 0.29) is 0 Å². The molecule has 5 heteroatoms. The van der Waals surface area contributed by atoms with Crippen LogP contribution >= 0.6 is 12.8 Å².